The quantitative estimate of drug-likeness (QED) is 0.583. The third-order valence-electron chi connectivity index (χ3n) is 1.70. The molecule has 0 atom stereocenters. The van der Waals surface area contributed by atoms with Gasteiger partial charge in [0, 0.05) is 18.4 Å². The Morgan fingerprint density at radius 2 is 2.00 bits per heavy atom. The van der Waals surface area contributed by atoms with Gasteiger partial charge < -0.3 is 5.11 Å². The molecule has 0 aromatic heterocycles. The normalized spacial score (nSPS) is 8.86. The molecule has 72 valence electrons. The molecule has 2 heteroatoms. The first-order valence-electron chi connectivity index (χ1n) is 4.55. The molecule has 14 heavy (non-hydrogen) atoms. The van der Waals surface area contributed by atoms with E-state index in [1.54, 1.807) is 0 Å². The van der Waals surface area contributed by atoms with Crippen LogP contribution in [-0.4, -0.2) is 11.1 Å². The number of carboxylic acids is 1. The highest BCUT2D eigenvalue weighted by Crippen LogP contribution is 1.97. The van der Waals surface area contributed by atoms with Crippen molar-refractivity contribution in [2.24, 2.45) is 0 Å². The predicted molar refractivity (Wildman–Crippen MR) is 54.8 cm³/mol. The van der Waals surface area contributed by atoms with Crippen molar-refractivity contribution in [2.45, 2.75) is 19.3 Å². The van der Waals surface area contributed by atoms with E-state index in [0.29, 0.717) is 12.8 Å². The molecule has 1 aromatic rings. The summed E-state index contributed by atoms with van der Waals surface area (Å²) in [6.07, 6.45) is 1.46. The van der Waals surface area contributed by atoms with E-state index in [9.17, 15) is 4.79 Å². The highest BCUT2D eigenvalue weighted by molar-refractivity contribution is 5.66. The Hall–Kier alpha value is -1.75. The van der Waals surface area contributed by atoms with Gasteiger partial charge in [-0.05, 0) is 18.6 Å². The van der Waals surface area contributed by atoms with Crippen LogP contribution >= 0.6 is 0 Å². The molecule has 0 saturated carbocycles. The van der Waals surface area contributed by atoms with Gasteiger partial charge in [-0.2, -0.15) is 0 Å². The molecule has 1 rings (SSSR count). The first-order valence-corrected chi connectivity index (χ1v) is 4.55. The van der Waals surface area contributed by atoms with Gasteiger partial charge in [-0.1, -0.05) is 30.0 Å². The van der Waals surface area contributed by atoms with Crippen molar-refractivity contribution in [1.29, 1.82) is 0 Å². The molecule has 0 radical (unpaired) electrons. The molecule has 0 aliphatic heterocycles. The van der Waals surface area contributed by atoms with Gasteiger partial charge in [-0.3, -0.25) is 4.79 Å². The molecule has 0 bridgehead atoms. The molecule has 0 unspecified atom stereocenters. The monoisotopic (exact) mass is 188 g/mol. The van der Waals surface area contributed by atoms with E-state index in [-0.39, 0.29) is 6.42 Å². The molecule has 0 heterocycles. The minimum Gasteiger partial charge on any atom is -0.481 e. The maximum Gasteiger partial charge on any atom is 0.303 e. The lowest BCUT2D eigenvalue weighted by molar-refractivity contribution is -0.137. The van der Waals surface area contributed by atoms with Crippen LogP contribution in [0.1, 0.15) is 24.8 Å². The van der Waals surface area contributed by atoms with Crippen LogP contribution in [-0.2, 0) is 4.79 Å². The van der Waals surface area contributed by atoms with Gasteiger partial charge in [0.25, 0.3) is 0 Å². The van der Waals surface area contributed by atoms with Gasteiger partial charge in [0.15, 0.2) is 0 Å². The molecule has 0 spiro atoms. The van der Waals surface area contributed by atoms with Crippen LogP contribution in [0.3, 0.4) is 0 Å². The van der Waals surface area contributed by atoms with E-state index in [4.69, 9.17) is 5.11 Å². The predicted octanol–water partition coefficient (Wildman–Crippen LogP) is 2.29. The lowest BCUT2D eigenvalue weighted by Crippen LogP contribution is -1.92. The van der Waals surface area contributed by atoms with Gasteiger partial charge in [0.2, 0.25) is 0 Å². The second-order valence-electron chi connectivity index (χ2n) is 2.92. The molecule has 1 aromatic carbocycles. The van der Waals surface area contributed by atoms with Gasteiger partial charge in [0.05, 0.1) is 0 Å². The Morgan fingerprint density at radius 3 is 2.64 bits per heavy atom. The van der Waals surface area contributed by atoms with Crippen LogP contribution in [0.25, 0.3) is 0 Å². The summed E-state index contributed by atoms with van der Waals surface area (Å²) in [5.41, 5.74) is 0.975. The summed E-state index contributed by atoms with van der Waals surface area (Å²) >= 11 is 0. The zero-order valence-corrected chi connectivity index (χ0v) is 7.86. The number of unbranched alkanes of at least 4 members (excludes halogenated alkanes) is 1. The summed E-state index contributed by atoms with van der Waals surface area (Å²) in [6.45, 7) is 0. The number of carbonyl (C=O) groups is 1. The third kappa shape index (κ3) is 4.32. The summed E-state index contributed by atoms with van der Waals surface area (Å²) < 4.78 is 0. The zero-order valence-electron chi connectivity index (χ0n) is 7.86. The summed E-state index contributed by atoms with van der Waals surface area (Å²) in [4.78, 5) is 10.2. The van der Waals surface area contributed by atoms with Crippen molar-refractivity contribution in [2.75, 3.05) is 0 Å². The van der Waals surface area contributed by atoms with Crippen molar-refractivity contribution in [3.63, 3.8) is 0 Å². The van der Waals surface area contributed by atoms with Crippen LogP contribution < -0.4 is 0 Å². The van der Waals surface area contributed by atoms with Crippen LogP contribution in [0, 0.1) is 11.8 Å². The first kappa shape index (κ1) is 10.3. The molecule has 2 nitrogen and oxygen atoms in total. The fourth-order valence-corrected chi connectivity index (χ4v) is 1.01. The van der Waals surface area contributed by atoms with Gasteiger partial charge in [-0.15, -0.1) is 0 Å². The van der Waals surface area contributed by atoms with E-state index in [1.165, 1.54) is 0 Å². The molecule has 0 aliphatic carbocycles. The second-order valence-corrected chi connectivity index (χ2v) is 2.92. The van der Waals surface area contributed by atoms with E-state index in [2.05, 4.69) is 11.8 Å². The van der Waals surface area contributed by atoms with Crippen LogP contribution in [0.4, 0.5) is 0 Å². The van der Waals surface area contributed by atoms with Gasteiger partial charge in [-0.25, -0.2) is 0 Å². The van der Waals surface area contributed by atoms with E-state index in [0.717, 1.165) is 5.56 Å². The Balaban J connectivity index is 2.31. The van der Waals surface area contributed by atoms with Crippen molar-refractivity contribution in [1.82, 2.24) is 0 Å². The smallest absolute Gasteiger partial charge is 0.303 e. The molecule has 0 amide bonds. The van der Waals surface area contributed by atoms with Gasteiger partial charge in [0.1, 0.15) is 0 Å². The zero-order chi connectivity index (χ0) is 10.2. The van der Waals surface area contributed by atoms with Crippen LogP contribution in [0.5, 0.6) is 0 Å². The van der Waals surface area contributed by atoms with Crippen LogP contribution in [0.15, 0.2) is 30.3 Å². The Morgan fingerprint density at radius 1 is 1.29 bits per heavy atom. The highest BCUT2D eigenvalue weighted by Gasteiger charge is 1.92. The SMILES string of the molecule is O=C(O)CCCC#Cc1ccccc1. The molecule has 1 N–H and O–H groups in total. The minimum absolute atomic E-state index is 0.198. The number of carboxylic acid groups (broad SMARTS) is 1. The lowest BCUT2D eigenvalue weighted by atomic mass is 10.2. The summed E-state index contributed by atoms with van der Waals surface area (Å²) in [6, 6.07) is 9.67. The second kappa shape index (κ2) is 5.82. The largest absolute Gasteiger partial charge is 0.481 e. The Kier molecular flexibility index (Phi) is 4.30. The van der Waals surface area contributed by atoms with Gasteiger partial charge >= 0.3 is 5.97 Å². The Bertz CT molecular complexity index is 344. The summed E-state index contributed by atoms with van der Waals surface area (Å²) in [5.74, 6) is 5.16. The number of benzene rings is 1. The number of hydrogen-bond acceptors (Lipinski definition) is 1. The average Bonchev–Trinajstić information content (AvgIpc) is 2.18. The van der Waals surface area contributed by atoms with E-state index < -0.39 is 5.97 Å². The molecular weight excluding hydrogens is 176 g/mol. The van der Waals surface area contributed by atoms with E-state index >= 15 is 0 Å². The first-order chi connectivity index (χ1) is 6.79. The van der Waals surface area contributed by atoms with Crippen molar-refractivity contribution in [3.8, 4) is 11.8 Å². The maximum atomic E-state index is 10.2. The maximum absolute atomic E-state index is 10.2. The molecule has 0 fully saturated rings. The van der Waals surface area contributed by atoms with E-state index in [1.807, 2.05) is 30.3 Å². The highest BCUT2D eigenvalue weighted by atomic mass is 16.4. The van der Waals surface area contributed by atoms with Crippen molar-refractivity contribution in [3.05, 3.63) is 35.9 Å². The summed E-state index contributed by atoms with van der Waals surface area (Å²) in [5, 5.41) is 8.38. The standard InChI is InChI=1S/C12H12O2/c13-12(14)10-6-2-5-9-11-7-3-1-4-8-11/h1,3-4,7-8H,2,6,10H2,(H,13,14). The number of rotatable bonds is 3. The lowest BCUT2D eigenvalue weighted by Gasteiger charge is -1.88. The molecular formula is C12H12O2. The topological polar surface area (TPSA) is 37.3 Å². The average molecular weight is 188 g/mol. The molecule has 0 aliphatic rings. The third-order valence-corrected chi connectivity index (χ3v) is 1.70. The van der Waals surface area contributed by atoms with Crippen molar-refractivity contribution < 1.29 is 9.90 Å². The summed E-state index contributed by atoms with van der Waals surface area (Å²) in [7, 11) is 0. The Labute approximate surface area is 83.6 Å². The van der Waals surface area contributed by atoms with Crippen LogP contribution in [0.2, 0.25) is 0 Å². The van der Waals surface area contributed by atoms with Crippen molar-refractivity contribution >= 4 is 5.97 Å². The number of hydrogen-bond donors (Lipinski definition) is 1. The number of aliphatic carboxylic acids is 1. The fraction of sp³-hybridized carbons (Fsp3) is 0.250. The molecule has 0 saturated heterocycles. The minimum atomic E-state index is -0.758. The fourth-order valence-electron chi connectivity index (χ4n) is 1.01.